The molecule has 9 nitrogen and oxygen atoms in total. The second-order valence-corrected chi connectivity index (χ2v) is 12.1. The number of carbonyl (C=O) groups excluding carboxylic acids is 3. The van der Waals surface area contributed by atoms with Crippen LogP contribution < -0.4 is 15.8 Å². The van der Waals surface area contributed by atoms with E-state index in [0.717, 1.165) is 25.8 Å². The number of rotatable bonds is 8. The zero-order valence-corrected chi connectivity index (χ0v) is 25.1. The van der Waals surface area contributed by atoms with Gasteiger partial charge in [-0.15, -0.1) is 0 Å². The summed E-state index contributed by atoms with van der Waals surface area (Å²) in [5.74, 6) is -0.869. The van der Waals surface area contributed by atoms with Crippen LogP contribution in [-0.2, 0) is 25.4 Å². The maximum Gasteiger partial charge on any atom is 0.258 e. The van der Waals surface area contributed by atoms with Crippen LogP contribution in [0.2, 0.25) is 0 Å². The normalized spacial score (nSPS) is 17.9. The van der Waals surface area contributed by atoms with Crippen LogP contribution >= 0.6 is 0 Å². The molecule has 2 rings (SSSR count). The predicted molar refractivity (Wildman–Crippen MR) is 154 cm³/mol. The average molecular weight is 550 g/mol. The van der Waals surface area contributed by atoms with Crippen molar-refractivity contribution in [3.8, 4) is 0 Å². The number of amides is 3. The maximum absolute atomic E-state index is 13.3. The van der Waals surface area contributed by atoms with Gasteiger partial charge >= 0.3 is 0 Å². The summed E-state index contributed by atoms with van der Waals surface area (Å²) < 4.78 is 14.8. The molecule has 0 aliphatic carbocycles. The Balaban J connectivity index is 0.00000229. The van der Waals surface area contributed by atoms with Crippen LogP contribution in [0.15, 0.2) is 40.8 Å². The molecule has 3 atom stereocenters. The third kappa shape index (κ3) is 10.6. The molecule has 1 saturated heterocycles. The Kier molecular flexibility index (Phi) is 13.7. The second kappa shape index (κ2) is 15.6. The topological polar surface area (TPSA) is 125 Å². The lowest BCUT2D eigenvalue weighted by Gasteiger charge is -2.37. The Morgan fingerprint density at radius 3 is 2.29 bits per heavy atom. The van der Waals surface area contributed by atoms with Crippen molar-refractivity contribution in [2.75, 3.05) is 32.9 Å². The van der Waals surface area contributed by atoms with E-state index < -0.39 is 28.3 Å². The Morgan fingerprint density at radius 1 is 1.18 bits per heavy atom. The minimum atomic E-state index is -1.72. The SMILES string of the molecule is C/C(=C\CN(C)C(=O)C(NC(=O)C1CCCCN1C)C(C)(C)C)C(=O)NS(=O)c1ccc(N)cc1.CCC. The number of benzene rings is 1. The minimum Gasteiger partial charge on any atom is -0.399 e. The number of nitrogens with one attached hydrogen (secondary N) is 2. The lowest BCUT2D eigenvalue weighted by atomic mass is 9.85. The first kappa shape index (κ1) is 33.3. The van der Waals surface area contributed by atoms with E-state index in [4.69, 9.17) is 5.73 Å². The molecule has 0 saturated carbocycles. The molecule has 0 radical (unpaired) electrons. The van der Waals surface area contributed by atoms with Gasteiger partial charge in [-0.25, -0.2) is 4.21 Å². The molecule has 1 aromatic carbocycles. The Bertz CT molecular complexity index is 988. The number of hydrogen-bond donors (Lipinski definition) is 3. The fourth-order valence-corrected chi connectivity index (χ4v) is 4.62. The maximum atomic E-state index is 13.3. The standard InChI is InChI=1S/C25H39N5O4S.C3H8/c1-17(22(31)28-35(34)19-12-10-18(26)11-13-19)14-16-30(6)24(33)21(25(2,3)4)27-23(32)20-9-7-8-15-29(20)5;1-3-2/h10-14,20-21H,7-9,15-16,26H2,1-6H3,(H,27,32)(H,28,31);3H2,1-2H3/b17-14+;. The Morgan fingerprint density at radius 2 is 1.76 bits per heavy atom. The molecule has 0 bridgehead atoms. The van der Waals surface area contributed by atoms with Gasteiger partial charge in [0.25, 0.3) is 5.91 Å². The van der Waals surface area contributed by atoms with E-state index in [9.17, 15) is 18.6 Å². The molecular formula is C28H47N5O4S. The second-order valence-electron chi connectivity index (χ2n) is 10.9. The molecule has 0 spiro atoms. The smallest absolute Gasteiger partial charge is 0.258 e. The van der Waals surface area contributed by atoms with Gasteiger partial charge in [0.05, 0.1) is 10.9 Å². The summed E-state index contributed by atoms with van der Waals surface area (Å²) in [7, 11) is 1.84. The van der Waals surface area contributed by atoms with E-state index in [2.05, 4.69) is 23.9 Å². The van der Waals surface area contributed by atoms with Crippen molar-refractivity contribution in [1.29, 1.82) is 0 Å². The molecule has 1 heterocycles. The quantitative estimate of drug-likeness (QED) is 0.338. The average Bonchev–Trinajstić information content (AvgIpc) is 2.85. The van der Waals surface area contributed by atoms with Crippen molar-refractivity contribution < 1.29 is 18.6 Å². The van der Waals surface area contributed by atoms with E-state index >= 15 is 0 Å². The molecule has 214 valence electrons. The summed E-state index contributed by atoms with van der Waals surface area (Å²) in [5, 5.41) is 2.98. The van der Waals surface area contributed by atoms with Crippen molar-refractivity contribution in [2.45, 2.75) is 84.2 Å². The summed E-state index contributed by atoms with van der Waals surface area (Å²) >= 11 is 0. The molecule has 38 heavy (non-hydrogen) atoms. The summed E-state index contributed by atoms with van der Waals surface area (Å²) in [4.78, 5) is 42.6. The van der Waals surface area contributed by atoms with Crippen LogP contribution in [0.4, 0.5) is 5.69 Å². The molecule has 3 amide bonds. The summed E-state index contributed by atoms with van der Waals surface area (Å²) in [6.45, 7) is 12.6. The third-order valence-corrected chi connectivity index (χ3v) is 7.23. The lowest BCUT2D eigenvalue weighted by molar-refractivity contribution is -0.139. The van der Waals surface area contributed by atoms with Crippen LogP contribution in [0.25, 0.3) is 0 Å². The highest BCUT2D eigenvalue weighted by molar-refractivity contribution is 7.83. The van der Waals surface area contributed by atoms with Gasteiger partial charge in [-0.05, 0) is 63.0 Å². The number of likely N-dealkylation sites (N-methyl/N-ethyl adjacent to an activating group) is 2. The summed E-state index contributed by atoms with van der Waals surface area (Å²) in [6, 6.07) is 5.45. The fraction of sp³-hybridized carbons (Fsp3) is 0.607. The predicted octanol–water partition coefficient (Wildman–Crippen LogP) is 3.24. The van der Waals surface area contributed by atoms with Crippen LogP contribution in [-0.4, -0.2) is 71.0 Å². The highest BCUT2D eigenvalue weighted by Gasteiger charge is 2.37. The highest BCUT2D eigenvalue weighted by atomic mass is 32.2. The number of nitrogens with two attached hydrogens (primary N) is 1. The molecule has 3 unspecified atom stereocenters. The van der Waals surface area contributed by atoms with Crippen molar-refractivity contribution in [3.63, 3.8) is 0 Å². The molecule has 1 aliphatic heterocycles. The van der Waals surface area contributed by atoms with Gasteiger partial charge in [-0.1, -0.05) is 53.5 Å². The number of carbonyl (C=O) groups is 3. The van der Waals surface area contributed by atoms with Crippen molar-refractivity contribution in [1.82, 2.24) is 19.8 Å². The number of hydrogen-bond acceptors (Lipinski definition) is 6. The Hall–Kier alpha value is -2.72. The molecule has 4 N–H and O–H groups in total. The van der Waals surface area contributed by atoms with Crippen LogP contribution in [0.3, 0.4) is 0 Å². The molecule has 1 aromatic rings. The van der Waals surface area contributed by atoms with Crippen LogP contribution in [0.1, 0.15) is 67.2 Å². The van der Waals surface area contributed by atoms with E-state index in [0.29, 0.717) is 16.2 Å². The van der Waals surface area contributed by atoms with Gasteiger partial charge in [0.2, 0.25) is 11.8 Å². The van der Waals surface area contributed by atoms with Crippen molar-refractivity contribution in [2.24, 2.45) is 5.41 Å². The third-order valence-electron chi connectivity index (χ3n) is 6.16. The van der Waals surface area contributed by atoms with Crippen molar-refractivity contribution in [3.05, 3.63) is 35.9 Å². The van der Waals surface area contributed by atoms with Gasteiger partial charge < -0.3 is 16.0 Å². The van der Waals surface area contributed by atoms with E-state index in [1.807, 2.05) is 32.7 Å². The van der Waals surface area contributed by atoms with E-state index in [-0.39, 0.29) is 24.4 Å². The number of anilines is 1. The molecule has 0 aromatic heterocycles. The summed E-state index contributed by atoms with van der Waals surface area (Å²) in [5.41, 5.74) is 6.00. The fourth-order valence-electron chi connectivity index (χ4n) is 3.79. The molecule has 1 fully saturated rings. The van der Waals surface area contributed by atoms with Crippen LogP contribution in [0, 0.1) is 5.41 Å². The first-order valence-electron chi connectivity index (χ1n) is 13.2. The van der Waals surface area contributed by atoms with Gasteiger partial charge in [0.15, 0.2) is 11.0 Å². The molecule has 10 heteroatoms. The number of nitrogens with zero attached hydrogens (tertiary/aromatic N) is 2. The van der Waals surface area contributed by atoms with Gasteiger partial charge in [0, 0.05) is 24.9 Å². The number of nitrogen functional groups attached to an aromatic ring is 1. The van der Waals surface area contributed by atoms with E-state index in [1.165, 1.54) is 11.3 Å². The number of likely N-dealkylation sites (tertiary alicyclic amines) is 1. The number of piperidine rings is 1. The molecule has 1 aliphatic rings. The molecular weight excluding hydrogens is 502 g/mol. The van der Waals surface area contributed by atoms with Crippen molar-refractivity contribution >= 4 is 34.4 Å². The highest BCUT2D eigenvalue weighted by Crippen LogP contribution is 2.23. The largest absolute Gasteiger partial charge is 0.399 e. The van der Waals surface area contributed by atoms with E-state index in [1.54, 1.807) is 44.3 Å². The minimum absolute atomic E-state index is 0.134. The zero-order chi connectivity index (χ0) is 29.0. The van der Waals surface area contributed by atoms with Gasteiger partial charge in [-0.3, -0.25) is 24.0 Å². The van der Waals surface area contributed by atoms with Gasteiger partial charge in [-0.2, -0.15) is 0 Å². The first-order valence-corrected chi connectivity index (χ1v) is 14.4. The zero-order valence-electron chi connectivity index (χ0n) is 24.3. The lowest BCUT2D eigenvalue weighted by Crippen LogP contribution is -2.58. The summed E-state index contributed by atoms with van der Waals surface area (Å²) in [6.07, 6.45) is 5.69. The van der Waals surface area contributed by atoms with Crippen LogP contribution in [0.5, 0.6) is 0 Å². The Labute approximate surface area is 231 Å². The monoisotopic (exact) mass is 549 g/mol. The van der Waals surface area contributed by atoms with Gasteiger partial charge in [0.1, 0.15) is 6.04 Å². The first-order chi connectivity index (χ1) is 17.7.